The number of nitrogens with two attached hydrogens (primary N) is 1. The smallest absolute Gasteiger partial charge is 0.0833 e. The van der Waals surface area contributed by atoms with Gasteiger partial charge in [-0.2, -0.15) is 5.26 Å². The molecule has 1 fully saturated rings. The number of nitrogens with zero attached hydrogens (tertiary/aromatic N) is 1. The van der Waals surface area contributed by atoms with Crippen molar-refractivity contribution in [2.45, 2.75) is 32.1 Å². The monoisotopic (exact) mass is 200 g/mol. The highest BCUT2D eigenvalue weighted by molar-refractivity contribution is 5.47. The molecule has 2 heteroatoms. The molecule has 0 aromatic heterocycles. The summed E-state index contributed by atoms with van der Waals surface area (Å²) in [4.78, 5) is 0. The fraction of sp³-hybridized carbons (Fsp3) is 0.462. The average Bonchev–Trinajstić information content (AvgIpc) is 2.13. The van der Waals surface area contributed by atoms with E-state index in [0.29, 0.717) is 5.41 Å². The normalized spacial score (nSPS) is 21.4. The van der Waals surface area contributed by atoms with Crippen molar-refractivity contribution in [3.05, 3.63) is 29.8 Å². The summed E-state index contributed by atoms with van der Waals surface area (Å²) in [6.07, 6.45) is 1.86. The number of rotatable bonds is 1. The zero-order chi connectivity index (χ0) is 11.1. The third-order valence-electron chi connectivity index (χ3n) is 3.21. The molecule has 0 amide bonds. The van der Waals surface area contributed by atoms with Crippen LogP contribution in [0.15, 0.2) is 24.3 Å². The van der Waals surface area contributed by atoms with Crippen LogP contribution in [0.2, 0.25) is 0 Å². The van der Waals surface area contributed by atoms with Gasteiger partial charge in [0, 0.05) is 5.69 Å². The number of hydrogen-bond acceptors (Lipinski definition) is 2. The third-order valence-corrected chi connectivity index (χ3v) is 3.21. The Morgan fingerprint density at radius 3 is 2.47 bits per heavy atom. The van der Waals surface area contributed by atoms with Crippen molar-refractivity contribution in [1.29, 1.82) is 5.26 Å². The molecular weight excluding hydrogens is 184 g/mol. The van der Waals surface area contributed by atoms with Crippen molar-refractivity contribution in [2.75, 3.05) is 5.73 Å². The van der Waals surface area contributed by atoms with E-state index in [4.69, 9.17) is 5.73 Å². The SMILES string of the molecule is CC1(C)CC(C#N)(c2cccc(N)c2)C1. The molecule has 0 spiro atoms. The first kappa shape index (κ1) is 10.0. The number of benzene rings is 1. The highest BCUT2D eigenvalue weighted by atomic mass is 14.6. The molecule has 2 N–H and O–H groups in total. The maximum Gasteiger partial charge on any atom is 0.0833 e. The molecule has 2 nitrogen and oxygen atoms in total. The lowest BCUT2D eigenvalue weighted by molar-refractivity contribution is 0.1000. The standard InChI is InChI=1S/C13H16N2/c1-12(2)7-13(8-12,9-14)10-4-3-5-11(15)6-10/h3-6H,7-8,15H2,1-2H3. The van der Waals surface area contributed by atoms with Gasteiger partial charge in [-0.25, -0.2) is 0 Å². The van der Waals surface area contributed by atoms with Gasteiger partial charge in [-0.15, -0.1) is 0 Å². The molecule has 0 bridgehead atoms. The summed E-state index contributed by atoms with van der Waals surface area (Å²) in [7, 11) is 0. The molecule has 1 aromatic carbocycles. The molecule has 0 unspecified atom stereocenters. The number of nitrogen functional groups attached to an aromatic ring is 1. The van der Waals surface area contributed by atoms with Crippen LogP contribution in [0.4, 0.5) is 5.69 Å². The lowest BCUT2D eigenvalue weighted by atomic mass is 9.52. The van der Waals surface area contributed by atoms with Crippen LogP contribution in [0.5, 0.6) is 0 Å². The Bertz CT molecular complexity index is 418. The molecule has 1 saturated carbocycles. The van der Waals surface area contributed by atoms with Crippen LogP contribution in [-0.4, -0.2) is 0 Å². The zero-order valence-electron chi connectivity index (χ0n) is 9.25. The second-order valence-corrected chi connectivity index (χ2v) is 5.34. The number of nitriles is 1. The van der Waals surface area contributed by atoms with E-state index in [2.05, 4.69) is 19.9 Å². The maximum atomic E-state index is 9.32. The quantitative estimate of drug-likeness (QED) is 0.709. The molecular formula is C13H16N2. The molecule has 0 radical (unpaired) electrons. The minimum Gasteiger partial charge on any atom is -0.399 e. The summed E-state index contributed by atoms with van der Waals surface area (Å²) in [5.41, 5.74) is 7.56. The Kier molecular flexibility index (Phi) is 2.01. The van der Waals surface area contributed by atoms with Crippen molar-refractivity contribution in [3.63, 3.8) is 0 Å². The van der Waals surface area contributed by atoms with Crippen molar-refractivity contribution < 1.29 is 0 Å². The molecule has 0 aliphatic heterocycles. The van der Waals surface area contributed by atoms with E-state index in [1.165, 1.54) is 0 Å². The van der Waals surface area contributed by atoms with Crippen LogP contribution in [0.25, 0.3) is 0 Å². The van der Waals surface area contributed by atoms with Gasteiger partial charge in [0.1, 0.15) is 0 Å². The summed E-state index contributed by atoms with van der Waals surface area (Å²) >= 11 is 0. The van der Waals surface area contributed by atoms with Crippen molar-refractivity contribution >= 4 is 5.69 Å². The Hall–Kier alpha value is -1.49. The molecule has 0 atom stereocenters. The van der Waals surface area contributed by atoms with Crippen molar-refractivity contribution in [2.24, 2.45) is 5.41 Å². The lowest BCUT2D eigenvalue weighted by Gasteiger charge is -2.49. The van der Waals surface area contributed by atoms with Gasteiger partial charge in [0.15, 0.2) is 0 Å². The average molecular weight is 200 g/mol. The minimum atomic E-state index is -0.293. The predicted octanol–water partition coefficient (Wildman–Crippen LogP) is 2.85. The summed E-state index contributed by atoms with van der Waals surface area (Å²) in [5.74, 6) is 0. The molecule has 2 rings (SSSR count). The Balaban J connectivity index is 2.35. The summed E-state index contributed by atoms with van der Waals surface area (Å²) in [6, 6.07) is 10.2. The first-order valence-electron chi connectivity index (χ1n) is 5.25. The van der Waals surface area contributed by atoms with Crippen LogP contribution < -0.4 is 5.73 Å². The first-order chi connectivity index (χ1) is 6.97. The third kappa shape index (κ3) is 1.59. The van der Waals surface area contributed by atoms with Crippen LogP contribution >= 0.6 is 0 Å². The molecule has 1 aliphatic carbocycles. The van der Waals surface area contributed by atoms with E-state index in [1.54, 1.807) is 0 Å². The fourth-order valence-corrected chi connectivity index (χ4v) is 2.77. The summed E-state index contributed by atoms with van der Waals surface area (Å²) < 4.78 is 0. The highest BCUT2D eigenvalue weighted by Crippen LogP contribution is 2.55. The molecule has 1 aromatic rings. The Labute approximate surface area is 90.7 Å². The maximum absolute atomic E-state index is 9.32. The molecule has 1 aliphatic rings. The zero-order valence-corrected chi connectivity index (χ0v) is 9.25. The largest absolute Gasteiger partial charge is 0.399 e. The van der Waals surface area contributed by atoms with Gasteiger partial charge in [0.2, 0.25) is 0 Å². The minimum absolute atomic E-state index is 0.292. The van der Waals surface area contributed by atoms with E-state index >= 15 is 0 Å². The van der Waals surface area contributed by atoms with Crippen LogP contribution in [0.3, 0.4) is 0 Å². The van der Waals surface area contributed by atoms with Crippen LogP contribution in [0, 0.1) is 16.7 Å². The van der Waals surface area contributed by atoms with Gasteiger partial charge in [0.05, 0.1) is 11.5 Å². The van der Waals surface area contributed by atoms with Crippen LogP contribution in [0.1, 0.15) is 32.3 Å². The van der Waals surface area contributed by atoms with E-state index in [0.717, 1.165) is 24.1 Å². The van der Waals surface area contributed by atoms with Gasteiger partial charge in [-0.1, -0.05) is 26.0 Å². The predicted molar refractivity (Wildman–Crippen MR) is 61.2 cm³/mol. The van der Waals surface area contributed by atoms with Crippen molar-refractivity contribution in [3.8, 4) is 6.07 Å². The second-order valence-electron chi connectivity index (χ2n) is 5.34. The Morgan fingerprint density at radius 2 is 2.00 bits per heavy atom. The molecule has 0 saturated heterocycles. The van der Waals surface area contributed by atoms with Gasteiger partial charge >= 0.3 is 0 Å². The van der Waals surface area contributed by atoms with Gasteiger partial charge in [-0.3, -0.25) is 0 Å². The van der Waals surface area contributed by atoms with E-state index in [9.17, 15) is 5.26 Å². The van der Waals surface area contributed by atoms with E-state index in [1.807, 2.05) is 24.3 Å². The highest BCUT2D eigenvalue weighted by Gasteiger charge is 2.50. The summed E-state index contributed by atoms with van der Waals surface area (Å²) in [6.45, 7) is 4.41. The van der Waals surface area contributed by atoms with Gasteiger partial charge in [0.25, 0.3) is 0 Å². The topological polar surface area (TPSA) is 49.8 Å². The number of anilines is 1. The fourth-order valence-electron chi connectivity index (χ4n) is 2.77. The molecule has 78 valence electrons. The summed E-state index contributed by atoms with van der Waals surface area (Å²) in [5, 5.41) is 9.32. The van der Waals surface area contributed by atoms with E-state index in [-0.39, 0.29) is 5.41 Å². The number of hydrogen-bond donors (Lipinski definition) is 1. The van der Waals surface area contributed by atoms with Crippen molar-refractivity contribution in [1.82, 2.24) is 0 Å². The van der Waals surface area contributed by atoms with Gasteiger partial charge in [-0.05, 0) is 36.0 Å². The van der Waals surface area contributed by atoms with Gasteiger partial charge < -0.3 is 5.73 Å². The lowest BCUT2D eigenvalue weighted by Crippen LogP contribution is -2.45. The molecule has 0 heterocycles. The second kappa shape index (κ2) is 3.00. The molecule has 15 heavy (non-hydrogen) atoms. The Morgan fingerprint density at radius 1 is 1.33 bits per heavy atom. The van der Waals surface area contributed by atoms with Crippen LogP contribution in [-0.2, 0) is 5.41 Å². The first-order valence-corrected chi connectivity index (χ1v) is 5.25. The van der Waals surface area contributed by atoms with E-state index < -0.39 is 0 Å².